The molecule has 2 aliphatic heterocycles. The van der Waals surface area contributed by atoms with Gasteiger partial charge in [0.25, 0.3) is 0 Å². The maximum absolute atomic E-state index is 12.3. The van der Waals surface area contributed by atoms with Crippen LogP contribution in [0.25, 0.3) is 0 Å². The maximum Gasteiger partial charge on any atom is 0.306 e. The molecule has 4 nitrogen and oxygen atoms in total. The van der Waals surface area contributed by atoms with Crippen molar-refractivity contribution >= 4 is 11.8 Å². The first kappa shape index (κ1) is 18.4. The van der Waals surface area contributed by atoms with Gasteiger partial charge in [-0.3, -0.25) is 9.59 Å². The molecular formula is C26H34O4. The Bertz CT molecular complexity index is 907. The lowest BCUT2D eigenvalue weighted by Gasteiger charge is -2.60. The van der Waals surface area contributed by atoms with Crippen molar-refractivity contribution in [3.63, 3.8) is 0 Å². The van der Waals surface area contributed by atoms with E-state index in [9.17, 15) is 9.59 Å². The minimum Gasteiger partial charge on any atom is -0.458 e. The third kappa shape index (κ3) is 1.76. The quantitative estimate of drug-likeness (QED) is 0.493. The van der Waals surface area contributed by atoms with Crippen molar-refractivity contribution in [1.29, 1.82) is 0 Å². The minimum absolute atomic E-state index is 0.00824. The first-order valence-corrected chi connectivity index (χ1v) is 12.4. The summed E-state index contributed by atoms with van der Waals surface area (Å²) in [7, 11) is 0. The summed E-state index contributed by atoms with van der Waals surface area (Å²) in [5.74, 6) is 3.34. The first-order chi connectivity index (χ1) is 14.3. The fraction of sp³-hybridized carbons (Fsp3) is 0.846. The molecule has 30 heavy (non-hydrogen) atoms. The Kier molecular flexibility index (Phi) is 3.22. The van der Waals surface area contributed by atoms with Crippen LogP contribution in [0, 0.1) is 40.4 Å². The predicted octanol–water partition coefficient (Wildman–Crippen LogP) is 4.61. The van der Waals surface area contributed by atoms with E-state index in [0.29, 0.717) is 48.2 Å². The topological polar surface area (TPSA) is 55.9 Å². The van der Waals surface area contributed by atoms with Crippen LogP contribution in [0.5, 0.6) is 0 Å². The molecule has 0 aromatic rings. The highest BCUT2D eigenvalue weighted by Gasteiger charge is 2.87. The van der Waals surface area contributed by atoms with Crippen LogP contribution < -0.4 is 0 Å². The molecule has 0 aromatic carbocycles. The second-order valence-electron chi connectivity index (χ2n) is 12.2. The molecule has 0 amide bonds. The number of hydrogen-bond acceptors (Lipinski definition) is 4. The maximum atomic E-state index is 12.3. The summed E-state index contributed by atoms with van der Waals surface area (Å²) in [6.45, 7) is 7.16. The Morgan fingerprint density at radius 3 is 2.70 bits per heavy atom. The summed E-state index contributed by atoms with van der Waals surface area (Å²) in [4.78, 5) is 24.6. The number of epoxide rings is 1. The SMILES string of the molecule is CCC[C@@H]1CC2=CC(=O)CC[C@]2(C)C23O[C@@H]2C[C@@]2(C)C(C13)[C@@H]1C[C@@H]1[C@@]21CCC(=O)O1. The summed E-state index contributed by atoms with van der Waals surface area (Å²) in [5.41, 5.74) is 1.13. The molecule has 6 fully saturated rings. The number of rotatable bonds is 2. The standard InChI is InChI=1S/C26H34O4/c1-4-5-14-10-15-11-16(27)6-8-23(15,2)26-19(29-26)13-24(3)22(21(14)26)17-12-18(17)25(24)9-7-20(28)30-25/h11,14,17-19,21-22H,4-10,12-13H2,1-3H3/t14-,17-,18+,19-,21?,22?,23+,24+,25+,26?/m1/s1. The van der Waals surface area contributed by atoms with Crippen LogP contribution in [0.1, 0.15) is 78.6 Å². The molecule has 10 atom stereocenters. The number of ketones is 1. The van der Waals surface area contributed by atoms with E-state index in [1.54, 1.807) is 0 Å². The van der Waals surface area contributed by atoms with Gasteiger partial charge in [-0.25, -0.2) is 0 Å². The first-order valence-electron chi connectivity index (χ1n) is 12.4. The second kappa shape index (κ2) is 5.24. The van der Waals surface area contributed by atoms with Crippen LogP contribution in [-0.2, 0) is 19.1 Å². The molecular weight excluding hydrogens is 376 g/mol. The number of carbonyl (C=O) groups excluding carboxylic acids is 2. The highest BCUT2D eigenvalue weighted by Crippen LogP contribution is 2.84. The molecule has 2 heterocycles. The molecule has 2 spiro atoms. The van der Waals surface area contributed by atoms with E-state index < -0.39 is 0 Å². The largest absolute Gasteiger partial charge is 0.458 e. The monoisotopic (exact) mass is 410 g/mol. The van der Waals surface area contributed by atoms with E-state index in [1.165, 1.54) is 24.8 Å². The summed E-state index contributed by atoms with van der Waals surface area (Å²) in [5, 5.41) is 0. The molecule has 0 N–H and O–H groups in total. The fourth-order valence-electron chi connectivity index (χ4n) is 10.1. The lowest BCUT2D eigenvalue weighted by atomic mass is 9.42. The Morgan fingerprint density at radius 2 is 1.97 bits per heavy atom. The predicted molar refractivity (Wildman–Crippen MR) is 110 cm³/mol. The third-order valence-electron chi connectivity index (χ3n) is 11.3. The lowest BCUT2D eigenvalue weighted by Crippen LogP contribution is -2.63. The minimum atomic E-state index is -0.228. The van der Waals surface area contributed by atoms with Gasteiger partial charge in [-0.2, -0.15) is 0 Å². The van der Waals surface area contributed by atoms with Gasteiger partial charge in [0.15, 0.2) is 5.78 Å². The molecule has 3 unspecified atom stereocenters. The second-order valence-corrected chi connectivity index (χ2v) is 12.2. The number of hydrogen-bond donors (Lipinski definition) is 0. The van der Waals surface area contributed by atoms with E-state index in [0.717, 1.165) is 25.7 Å². The molecule has 7 rings (SSSR count). The van der Waals surface area contributed by atoms with Crippen molar-refractivity contribution in [2.24, 2.45) is 40.4 Å². The molecule has 4 saturated carbocycles. The molecule has 5 aliphatic carbocycles. The lowest BCUT2D eigenvalue weighted by molar-refractivity contribution is -0.174. The number of ether oxygens (including phenoxy) is 2. The smallest absolute Gasteiger partial charge is 0.306 e. The van der Waals surface area contributed by atoms with Crippen LogP contribution in [0.2, 0.25) is 0 Å². The molecule has 7 aliphatic rings. The van der Waals surface area contributed by atoms with Crippen molar-refractivity contribution < 1.29 is 19.1 Å². The van der Waals surface area contributed by atoms with E-state index >= 15 is 0 Å². The van der Waals surface area contributed by atoms with Crippen LogP contribution in [0.15, 0.2) is 11.6 Å². The van der Waals surface area contributed by atoms with Gasteiger partial charge in [-0.05, 0) is 61.9 Å². The van der Waals surface area contributed by atoms with E-state index in [4.69, 9.17) is 9.47 Å². The number of carbonyl (C=O) groups is 2. The fourth-order valence-corrected chi connectivity index (χ4v) is 10.1. The van der Waals surface area contributed by atoms with Crippen molar-refractivity contribution in [2.75, 3.05) is 0 Å². The van der Waals surface area contributed by atoms with Gasteiger partial charge in [-0.15, -0.1) is 0 Å². The average Bonchev–Trinajstić information content (AvgIpc) is 3.57. The summed E-state index contributed by atoms with van der Waals surface area (Å²) >= 11 is 0. The average molecular weight is 411 g/mol. The number of esters is 1. The van der Waals surface area contributed by atoms with Crippen molar-refractivity contribution in [3.05, 3.63) is 11.6 Å². The normalized spacial score (nSPS) is 59.5. The van der Waals surface area contributed by atoms with Crippen LogP contribution >= 0.6 is 0 Å². The van der Waals surface area contributed by atoms with E-state index in [1.807, 2.05) is 6.08 Å². The summed E-state index contributed by atoms with van der Waals surface area (Å²) in [6, 6.07) is 0. The highest BCUT2D eigenvalue weighted by molar-refractivity contribution is 5.92. The molecule has 0 radical (unpaired) electrons. The molecule has 0 aromatic heterocycles. The van der Waals surface area contributed by atoms with Crippen LogP contribution in [0.4, 0.5) is 0 Å². The third-order valence-corrected chi connectivity index (χ3v) is 11.3. The van der Waals surface area contributed by atoms with E-state index in [-0.39, 0.29) is 34.1 Å². The Hall–Kier alpha value is -1.16. The van der Waals surface area contributed by atoms with Gasteiger partial charge in [0.05, 0.1) is 6.10 Å². The van der Waals surface area contributed by atoms with Gasteiger partial charge in [0.1, 0.15) is 11.2 Å². The van der Waals surface area contributed by atoms with Crippen molar-refractivity contribution in [3.8, 4) is 0 Å². The van der Waals surface area contributed by atoms with Gasteiger partial charge in [-0.1, -0.05) is 39.2 Å². The van der Waals surface area contributed by atoms with Crippen LogP contribution in [0.3, 0.4) is 0 Å². The zero-order valence-corrected chi connectivity index (χ0v) is 18.5. The van der Waals surface area contributed by atoms with Gasteiger partial charge >= 0.3 is 5.97 Å². The van der Waals surface area contributed by atoms with Gasteiger partial charge < -0.3 is 9.47 Å². The van der Waals surface area contributed by atoms with Crippen molar-refractivity contribution in [2.45, 2.75) is 95.9 Å². The Morgan fingerprint density at radius 1 is 1.13 bits per heavy atom. The molecule has 4 heteroatoms. The van der Waals surface area contributed by atoms with Gasteiger partial charge in [0, 0.05) is 29.6 Å². The summed E-state index contributed by atoms with van der Waals surface area (Å²) in [6.07, 6.45) is 11.1. The highest BCUT2D eigenvalue weighted by atomic mass is 16.6. The molecule has 2 saturated heterocycles. The molecule has 162 valence electrons. The number of fused-ring (bicyclic) bond motifs is 7. The van der Waals surface area contributed by atoms with Gasteiger partial charge in [0.2, 0.25) is 0 Å². The van der Waals surface area contributed by atoms with Crippen LogP contribution in [-0.4, -0.2) is 29.1 Å². The summed E-state index contributed by atoms with van der Waals surface area (Å²) < 4.78 is 13.1. The van der Waals surface area contributed by atoms with E-state index in [2.05, 4.69) is 20.8 Å². The Labute approximate surface area is 179 Å². The molecule has 0 bridgehead atoms. The zero-order valence-electron chi connectivity index (χ0n) is 18.5. The zero-order chi connectivity index (χ0) is 20.7. The van der Waals surface area contributed by atoms with Crippen molar-refractivity contribution in [1.82, 2.24) is 0 Å². The Balaban J connectivity index is 1.38.